The zero-order valence-corrected chi connectivity index (χ0v) is 15.1. The summed E-state index contributed by atoms with van der Waals surface area (Å²) in [6.07, 6.45) is 2.22. The van der Waals surface area contributed by atoms with Crippen LogP contribution in [0.2, 0.25) is 0 Å². The van der Waals surface area contributed by atoms with Crippen LogP contribution in [0, 0.1) is 5.82 Å². The summed E-state index contributed by atoms with van der Waals surface area (Å²) in [4.78, 5) is 12.3. The van der Waals surface area contributed by atoms with Crippen molar-refractivity contribution in [1.29, 1.82) is 0 Å². The van der Waals surface area contributed by atoms with Crippen molar-refractivity contribution in [2.45, 2.75) is 23.8 Å². The molecule has 3 aromatic rings. The van der Waals surface area contributed by atoms with Gasteiger partial charge in [0.2, 0.25) is 5.91 Å². The molecule has 0 aliphatic carbocycles. The quantitative estimate of drug-likeness (QED) is 0.649. The number of rotatable bonds is 7. The van der Waals surface area contributed by atoms with Crippen molar-refractivity contribution in [3.05, 3.63) is 72.3 Å². The fraction of sp³-hybridized carbons (Fsp3) is 0.211. The molecule has 1 unspecified atom stereocenters. The molecule has 1 heterocycles. The summed E-state index contributed by atoms with van der Waals surface area (Å²) in [5, 5.41) is 10.9. The van der Waals surface area contributed by atoms with Crippen LogP contribution in [0.1, 0.15) is 12.5 Å². The molecule has 0 aliphatic rings. The maximum absolute atomic E-state index is 14.0. The molecule has 1 aromatic heterocycles. The van der Waals surface area contributed by atoms with E-state index in [-0.39, 0.29) is 17.0 Å². The number of para-hydroxylation sites is 1. The van der Waals surface area contributed by atoms with Crippen LogP contribution in [0.5, 0.6) is 0 Å². The smallest absolute Gasteiger partial charge is 0.233 e. The van der Waals surface area contributed by atoms with Crippen LogP contribution in [0.15, 0.2) is 66.1 Å². The van der Waals surface area contributed by atoms with Gasteiger partial charge in [0.05, 0.1) is 10.9 Å². The van der Waals surface area contributed by atoms with Gasteiger partial charge in [-0.05, 0) is 31.0 Å². The Morgan fingerprint density at radius 2 is 1.92 bits per heavy atom. The summed E-state index contributed by atoms with van der Waals surface area (Å²) in [6.45, 7) is 2.36. The van der Waals surface area contributed by atoms with Gasteiger partial charge in [0.15, 0.2) is 5.16 Å². The van der Waals surface area contributed by atoms with Crippen molar-refractivity contribution in [1.82, 2.24) is 20.1 Å². The number of aromatic nitrogens is 3. The van der Waals surface area contributed by atoms with Gasteiger partial charge >= 0.3 is 0 Å². The topological polar surface area (TPSA) is 59.8 Å². The molecule has 0 radical (unpaired) electrons. The Hall–Kier alpha value is -2.67. The molecule has 0 bridgehead atoms. The fourth-order valence-electron chi connectivity index (χ4n) is 2.45. The Morgan fingerprint density at radius 1 is 1.19 bits per heavy atom. The van der Waals surface area contributed by atoms with Gasteiger partial charge in [0, 0.05) is 6.54 Å². The number of carbonyl (C=O) groups is 1. The van der Waals surface area contributed by atoms with E-state index in [9.17, 15) is 9.18 Å². The molecule has 0 aliphatic heterocycles. The van der Waals surface area contributed by atoms with Crippen molar-refractivity contribution in [3.63, 3.8) is 0 Å². The van der Waals surface area contributed by atoms with Crippen LogP contribution < -0.4 is 5.32 Å². The second-order valence-electron chi connectivity index (χ2n) is 5.72. The Kier molecular flexibility index (Phi) is 6.01. The molecule has 2 aromatic carbocycles. The minimum Gasteiger partial charge on any atom is -0.355 e. The number of thioether (sulfide) groups is 1. The van der Waals surface area contributed by atoms with Crippen LogP contribution in [0.4, 0.5) is 4.39 Å². The number of nitrogens with zero attached hydrogens (tertiary/aromatic N) is 3. The SMILES string of the molecule is CC(Sc1nncn1-c1ccccc1F)C(=O)NCCc1ccccc1. The molecule has 134 valence electrons. The maximum atomic E-state index is 14.0. The van der Waals surface area contributed by atoms with Gasteiger partial charge in [-0.1, -0.05) is 54.2 Å². The number of amides is 1. The third kappa shape index (κ3) is 4.49. The van der Waals surface area contributed by atoms with Crippen LogP contribution >= 0.6 is 11.8 Å². The zero-order chi connectivity index (χ0) is 18.4. The molecule has 0 fully saturated rings. The molecule has 1 amide bonds. The monoisotopic (exact) mass is 370 g/mol. The van der Waals surface area contributed by atoms with Crippen LogP contribution in [-0.2, 0) is 11.2 Å². The second-order valence-corrected chi connectivity index (χ2v) is 7.03. The molecule has 5 nitrogen and oxygen atoms in total. The summed E-state index contributed by atoms with van der Waals surface area (Å²) in [5.74, 6) is -0.455. The van der Waals surface area contributed by atoms with Gasteiger partial charge < -0.3 is 5.32 Å². The van der Waals surface area contributed by atoms with E-state index in [2.05, 4.69) is 15.5 Å². The molecule has 1 atom stereocenters. The van der Waals surface area contributed by atoms with E-state index in [1.54, 1.807) is 29.7 Å². The van der Waals surface area contributed by atoms with Gasteiger partial charge in [0.25, 0.3) is 0 Å². The summed E-state index contributed by atoms with van der Waals surface area (Å²) in [7, 11) is 0. The number of benzene rings is 2. The summed E-state index contributed by atoms with van der Waals surface area (Å²) >= 11 is 1.25. The molecule has 26 heavy (non-hydrogen) atoms. The Morgan fingerprint density at radius 3 is 2.69 bits per heavy atom. The largest absolute Gasteiger partial charge is 0.355 e. The lowest BCUT2D eigenvalue weighted by atomic mass is 10.1. The average molecular weight is 370 g/mol. The fourth-order valence-corrected chi connectivity index (χ4v) is 3.31. The first-order valence-corrected chi connectivity index (χ1v) is 9.16. The Labute approximate surface area is 155 Å². The number of carbonyl (C=O) groups excluding carboxylic acids is 1. The standard InChI is InChI=1S/C19H19FN4OS/c1-14(18(25)21-12-11-15-7-3-2-4-8-15)26-19-23-22-13-24(19)17-10-6-5-9-16(17)20/h2-10,13-14H,11-12H2,1H3,(H,21,25). The van der Waals surface area contributed by atoms with Crippen molar-refractivity contribution >= 4 is 17.7 Å². The van der Waals surface area contributed by atoms with Crippen molar-refractivity contribution in [2.75, 3.05) is 6.54 Å². The molecule has 0 saturated heterocycles. The lowest BCUT2D eigenvalue weighted by molar-refractivity contribution is -0.120. The Balaban J connectivity index is 1.58. The summed E-state index contributed by atoms with van der Waals surface area (Å²) < 4.78 is 15.5. The third-order valence-corrected chi connectivity index (χ3v) is 4.89. The van der Waals surface area contributed by atoms with Gasteiger partial charge in [-0.25, -0.2) is 4.39 Å². The van der Waals surface area contributed by atoms with E-state index in [0.717, 1.165) is 6.42 Å². The van der Waals surface area contributed by atoms with Crippen molar-refractivity contribution in [2.24, 2.45) is 0 Å². The Bertz CT molecular complexity index is 869. The third-order valence-electron chi connectivity index (χ3n) is 3.84. The number of hydrogen-bond donors (Lipinski definition) is 1. The van der Waals surface area contributed by atoms with E-state index >= 15 is 0 Å². The van der Waals surface area contributed by atoms with E-state index in [1.807, 2.05) is 30.3 Å². The van der Waals surface area contributed by atoms with E-state index in [0.29, 0.717) is 17.4 Å². The highest BCUT2D eigenvalue weighted by molar-refractivity contribution is 8.00. The lowest BCUT2D eigenvalue weighted by Gasteiger charge is -2.12. The average Bonchev–Trinajstić information content (AvgIpc) is 3.10. The predicted octanol–water partition coefficient (Wildman–Crippen LogP) is 3.25. The first-order chi connectivity index (χ1) is 12.6. The first-order valence-electron chi connectivity index (χ1n) is 8.28. The van der Waals surface area contributed by atoms with Gasteiger partial charge in [-0.15, -0.1) is 10.2 Å². The normalized spacial score (nSPS) is 11.9. The van der Waals surface area contributed by atoms with E-state index < -0.39 is 0 Å². The molecule has 7 heteroatoms. The summed E-state index contributed by atoms with van der Waals surface area (Å²) in [5.41, 5.74) is 1.53. The minimum absolute atomic E-state index is 0.0889. The highest BCUT2D eigenvalue weighted by Gasteiger charge is 2.19. The van der Waals surface area contributed by atoms with Crippen molar-refractivity contribution in [3.8, 4) is 5.69 Å². The highest BCUT2D eigenvalue weighted by atomic mass is 32.2. The van der Waals surface area contributed by atoms with Crippen LogP contribution in [-0.4, -0.2) is 32.5 Å². The van der Waals surface area contributed by atoms with Crippen LogP contribution in [0.25, 0.3) is 5.69 Å². The number of hydrogen-bond acceptors (Lipinski definition) is 4. The minimum atomic E-state index is -0.375. The van der Waals surface area contributed by atoms with Gasteiger partial charge in [-0.3, -0.25) is 9.36 Å². The highest BCUT2D eigenvalue weighted by Crippen LogP contribution is 2.25. The molecular weight excluding hydrogens is 351 g/mol. The zero-order valence-electron chi connectivity index (χ0n) is 14.3. The van der Waals surface area contributed by atoms with Gasteiger partial charge in [0.1, 0.15) is 12.1 Å². The maximum Gasteiger partial charge on any atom is 0.233 e. The molecular formula is C19H19FN4OS. The van der Waals surface area contributed by atoms with Gasteiger partial charge in [-0.2, -0.15) is 0 Å². The molecule has 0 spiro atoms. The number of halogens is 1. The molecule has 3 rings (SSSR count). The van der Waals surface area contributed by atoms with Crippen molar-refractivity contribution < 1.29 is 9.18 Å². The second kappa shape index (κ2) is 8.62. The summed E-state index contributed by atoms with van der Waals surface area (Å²) in [6, 6.07) is 16.4. The van der Waals surface area contributed by atoms with Crippen LogP contribution in [0.3, 0.4) is 0 Å². The first kappa shape index (κ1) is 18.1. The molecule has 0 saturated carbocycles. The van der Waals surface area contributed by atoms with E-state index in [4.69, 9.17) is 0 Å². The lowest BCUT2D eigenvalue weighted by Crippen LogP contribution is -2.32. The number of nitrogens with one attached hydrogen (secondary N) is 1. The van der Waals surface area contributed by atoms with E-state index in [1.165, 1.54) is 29.7 Å². The predicted molar refractivity (Wildman–Crippen MR) is 99.8 cm³/mol. The molecule has 1 N–H and O–H groups in total.